The molecule has 0 radical (unpaired) electrons. The summed E-state index contributed by atoms with van der Waals surface area (Å²) in [6, 6.07) is 2.53. The van der Waals surface area contributed by atoms with Crippen molar-refractivity contribution in [1.29, 1.82) is 0 Å². The molecule has 0 fully saturated rings. The molecular weight excluding hydrogens is 328 g/mol. The maximum atomic E-state index is 11.9. The Morgan fingerprint density at radius 2 is 1.55 bits per heavy atom. The summed E-state index contributed by atoms with van der Waals surface area (Å²) in [5.74, 6) is -1.35. The van der Waals surface area contributed by atoms with E-state index in [9.17, 15) is 19.8 Å². The number of phenols is 2. The van der Waals surface area contributed by atoms with E-state index in [1.807, 2.05) is 0 Å². The number of aromatic hydroxyl groups is 2. The summed E-state index contributed by atoms with van der Waals surface area (Å²) in [7, 11) is 0. The van der Waals surface area contributed by atoms with Crippen LogP contribution in [0.15, 0.2) is 16.6 Å². The number of carboxylic acid groups (broad SMARTS) is 1. The average Bonchev–Trinajstić information content (AvgIpc) is 2.37. The first-order valence-corrected chi connectivity index (χ1v) is 7.17. The Hall–Kier alpha value is -1.56. The van der Waals surface area contributed by atoms with Gasteiger partial charge in [-0.05, 0) is 34.8 Å². The second-order valence-electron chi connectivity index (χ2n) is 4.55. The highest BCUT2D eigenvalue weighted by atomic mass is 79.9. The molecule has 0 unspecified atom stereocenters. The molecule has 0 atom stereocenters. The van der Waals surface area contributed by atoms with Crippen LogP contribution in [-0.4, -0.2) is 27.1 Å². The number of benzene rings is 1. The van der Waals surface area contributed by atoms with Crippen molar-refractivity contribution in [3.8, 4) is 11.5 Å². The van der Waals surface area contributed by atoms with Crippen molar-refractivity contribution in [2.24, 2.45) is 0 Å². The van der Waals surface area contributed by atoms with Crippen molar-refractivity contribution in [3.05, 3.63) is 22.2 Å². The van der Waals surface area contributed by atoms with Crippen LogP contribution in [-0.2, 0) is 4.79 Å². The van der Waals surface area contributed by atoms with E-state index in [4.69, 9.17) is 5.11 Å². The summed E-state index contributed by atoms with van der Waals surface area (Å²) in [6.45, 7) is 0. The molecule has 110 valence electrons. The van der Waals surface area contributed by atoms with Crippen LogP contribution in [0.2, 0.25) is 0 Å². The van der Waals surface area contributed by atoms with Crippen molar-refractivity contribution >= 4 is 27.7 Å². The lowest BCUT2D eigenvalue weighted by molar-refractivity contribution is -0.137. The van der Waals surface area contributed by atoms with Gasteiger partial charge in [-0.15, -0.1) is 0 Å². The molecule has 0 spiro atoms. The Bertz CT molecular complexity index is 499. The van der Waals surface area contributed by atoms with Gasteiger partial charge in [0, 0.05) is 18.9 Å². The quantitative estimate of drug-likeness (QED) is 0.495. The third kappa shape index (κ3) is 5.21. The first-order chi connectivity index (χ1) is 9.41. The third-order valence-corrected chi connectivity index (χ3v) is 3.55. The number of carbonyl (C=O) groups is 2. The van der Waals surface area contributed by atoms with Gasteiger partial charge >= 0.3 is 5.97 Å². The van der Waals surface area contributed by atoms with Crippen molar-refractivity contribution in [2.75, 3.05) is 0 Å². The minimum absolute atomic E-state index is 0.118. The van der Waals surface area contributed by atoms with Gasteiger partial charge in [0.05, 0.1) is 10.0 Å². The number of ketones is 1. The molecule has 0 aliphatic carbocycles. The largest absolute Gasteiger partial charge is 0.507 e. The minimum Gasteiger partial charge on any atom is -0.507 e. The van der Waals surface area contributed by atoms with Crippen molar-refractivity contribution in [2.45, 2.75) is 38.5 Å². The van der Waals surface area contributed by atoms with Gasteiger partial charge in [0.2, 0.25) is 0 Å². The molecule has 0 heterocycles. The summed E-state index contributed by atoms with van der Waals surface area (Å²) < 4.78 is 0.361. The fraction of sp³-hybridized carbons (Fsp3) is 0.429. The SMILES string of the molecule is O=C(O)CCCCCCC(=O)c1cc(Br)c(O)cc1O. The van der Waals surface area contributed by atoms with Crippen LogP contribution in [0, 0.1) is 0 Å². The molecule has 0 amide bonds. The summed E-state index contributed by atoms with van der Waals surface area (Å²) in [5, 5.41) is 27.5. The fourth-order valence-electron chi connectivity index (χ4n) is 1.82. The van der Waals surface area contributed by atoms with E-state index in [1.54, 1.807) is 0 Å². The minimum atomic E-state index is -0.806. The topological polar surface area (TPSA) is 94.8 Å². The van der Waals surface area contributed by atoms with Gasteiger partial charge in [-0.25, -0.2) is 0 Å². The van der Waals surface area contributed by atoms with E-state index in [1.165, 1.54) is 6.07 Å². The molecule has 6 heteroatoms. The summed E-state index contributed by atoms with van der Waals surface area (Å²) in [5.41, 5.74) is 0.181. The number of hydrogen-bond donors (Lipinski definition) is 3. The lowest BCUT2D eigenvalue weighted by Crippen LogP contribution is -2.00. The van der Waals surface area contributed by atoms with Gasteiger partial charge in [0.25, 0.3) is 0 Å². The molecule has 3 N–H and O–H groups in total. The monoisotopic (exact) mass is 344 g/mol. The average molecular weight is 345 g/mol. The third-order valence-electron chi connectivity index (χ3n) is 2.91. The lowest BCUT2D eigenvalue weighted by atomic mass is 10.0. The molecule has 1 aromatic rings. The fourth-order valence-corrected chi connectivity index (χ4v) is 2.17. The van der Waals surface area contributed by atoms with Crippen molar-refractivity contribution < 1.29 is 24.9 Å². The molecule has 20 heavy (non-hydrogen) atoms. The second-order valence-corrected chi connectivity index (χ2v) is 5.41. The number of carbonyl (C=O) groups excluding carboxylic acids is 1. The van der Waals surface area contributed by atoms with Gasteiger partial charge in [-0.2, -0.15) is 0 Å². The molecule has 1 rings (SSSR count). The highest BCUT2D eigenvalue weighted by Gasteiger charge is 2.13. The summed E-state index contributed by atoms with van der Waals surface area (Å²) in [4.78, 5) is 22.2. The van der Waals surface area contributed by atoms with E-state index < -0.39 is 5.97 Å². The van der Waals surface area contributed by atoms with E-state index in [2.05, 4.69) is 15.9 Å². The predicted octanol–water partition coefficient (Wildman–Crippen LogP) is 3.47. The summed E-state index contributed by atoms with van der Waals surface area (Å²) in [6.07, 6.45) is 3.25. The highest BCUT2D eigenvalue weighted by molar-refractivity contribution is 9.10. The molecule has 5 nitrogen and oxygen atoms in total. The smallest absolute Gasteiger partial charge is 0.303 e. The zero-order chi connectivity index (χ0) is 15.1. The Balaban J connectivity index is 2.40. The summed E-state index contributed by atoms with van der Waals surface area (Å²) >= 11 is 3.10. The number of unbranched alkanes of at least 4 members (excludes halogenated alkanes) is 3. The number of aliphatic carboxylic acids is 1. The number of hydrogen-bond acceptors (Lipinski definition) is 4. The molecule has 0 saturated heterocycles. The first-order valence-electron chi connectivity index (χ1n) is 6.38. The molecule has 0 saturated carbocycles. The van der Waals surface area contributed by atoms with E-state index in [0.29, 0.717) is 17.3 Å². The second kappa shape index (κ2) is 7.89. The standard InChI is InChI=1S/C14H17BrO5/c15-10-7-9(12(17)8-13(10)18)11(16)5-3-1-2-4-6-14(19)20/h7-8,17-18H,1-6H2,(H,19,20). The van der Waals surface area contributed by atoms with E-state index in [-0.39, 0.29) is 35.7 Å². The molecule has 0 aromatic heterocycles. The van der Waals surface area contributed by atoms with Gasteiger partial charge in [-0.3, -0.25) is 9.59 Å². The maximum absolute atomic E-state index is 11.9. The Morgan fingerprint density at radius 1 is 0.950 bits per heavy atom. The highest BCUT2D eigenvalue weighted by Crippen LogP contribution is 2.32. The van der Waals surface area contributed by atoms with Gasteiger partial charge in [0.15, 0.2) is 5.78 Å². The molecule has 0 bridgehead atoms. The van der Waals surface area contributed by atoms with Crippen LogP contribution in [0.3, 0.4) is 0 Å². The zero-order valence-corrected chi connectivity index (χ0v) is 12.5. The van der Waals surface area contributed by atoms with Crippen LogP contribution < -0.4 is 0 Å². The van der Waals surface area contributed by atoms with Crippen molar-refractivity contribution in [3.63, 3.8) is 0 Å². The van der Waals surface area contributed by atoms with Crippen LogP contribution in [0.5, 0.6) is 11.5 Å². The number of phenolic OH excluding ortho intramolecular Hbond substituents is 2. The van der Waals surface area contributed by atoms with Crippen LogP contribution >= 0.6 is 15.9 Å². The lowest BCUT2D eigenvalue weighted by Gasteiger charge is -2.06. The molecule has 1 aromatic carbocycles. The zero-order valence-electron chi connectivity index (χ0n) is 10.9. The van der Waals surface area contributed by atoms with E-state index >= 15 is 0 Å². The van der Waals surface area contributed by atoms with Gasteiger partial charge < -0.3 is 15.3 Å². The Labute approximate surface area is 125 Å². The normalized spacial score (nSPS) is 10.4. The number of rotatable bonds is 8. The Morgan fingerprint density at radius 3 is 2.15 bits per heavy atom. The van der Waals surface area contributed by atoms with Crippen molar-refractivity contribution in [1.82, 2.24) is 0 Å². The van der Waals surface area contributed by atoms with Crippen LogP contribution in [0.25, 0.3) is 0 Å². The number of Topliss-reactive ketones (excluding diaryl/α,β-unsaturated/α-hetero) is 1. The number of halogens is 1. The predicted molar refractivity (Wildman–Crippen MR) is 77.1 cm³/mol. The molecular formula is C14H17BrO5. The van der Waals surface area contributed by atoms with E-state index in [0.717, 1.165) is 18.9 Å². The van der Waals surface area contributed by atoms with Crippen LogP contribution in [0.1, 0.15) is 48.9 Å². The van der Waals surface area contributed by atoms with Gasteiger partial charge in [0.1, 0.15) is 11.5 Å². The maximum Gasteiger partial charge on any atom is 0.303 e. The molecule has 0 aliphatic rings. The number of carboxylic acids is 1. The van der Waals surface area contributed by atoms with Crippen LogP contribution in [0.4, 0.5) is 0 Å². The first kappa shape index (κ1) is 16.5. The van der Waals surface area contributed by atoms with Gasteiger partial charge in [-0.1, -0.05) is 12.8 Å². The molecule has 0 aliphatic heterocycles. The Kier molecular flexibility index (Phi) is 6.51.